The fourth-order valence-corrected chi connectivity index (χ4v) is 2.97. The van der Waals surface area contributed by atoms with E-state index in [9.17, 15) is 14.0 Å². The topological polar surface area (TPSA) is 67.9 Å². The highest BCUT2D eigenvalue weighted by Gasteiger charge is 2.38. The Hall–Kier alpha value is -3.19. The molecule has 1 aliphatic heterocycles. The first-order chi connectivity index (χ1) is 13.5. The maximum Gasteiger partial charge on any atom is 0.278 e. The van der Waals surface area contributed by atoms with E-state index >= 15 is 0 Å². The van der Waals surface area contributed by atoms with Crippen LogP contribution < -0.4 is 10.1 Å². The Kier molecular flexibility index (Phi) is 6.06. The standard InChI is InChI=1S/C21H21FN2O4/c1-27-13-3-12-24-20(25)18(14-4-10-17(28-2)11-5-14)19(21(24)26)23-16-8-6-15(22)7-9-16/h4-11,23H,3,12-13H2,1-2H3. The molecule has 0 spiro atoms. The lowest BCUT2D eigenvalue weighted by Gasteiger charge is -2.15. The molecule has 0 unspecified atom stereocenters. The van der Waals surface area contributed by atoms with Crippen LogP contribution in [0.2, 0.25) is 0 Å². The molecule has 1 heterocycles. The summed E-state index contributed by atoms with van der Waals surface area (Å²) in [6.45, 7) is 0.690. The number of nitrogens with zero attached hydrogens (tertiary/aromatic N) is 1. The normalized spacial score (nSPS) is 14.0. The highest BCUT2D eigenvalue weighted by Crippen LogP contribution is 2.31. The van der Waals surface area contributed by atoms with E-state index in [0.717, 1.165) is 0 Å². The summed E-state index contributed by atoms with van der Waals surface area (Å²) >= 11 is 0. The van der Waals surface area contributed by atoms with E-state index in [-0.39, 0.29) is 29.5 Å². The molecule has 2 aromatic rings. The molecule has 0 radical (unpaired) electrons. The Morgan fingerprint density at radius 3 is 2.25 bits per heavy atom. The van der Waals surface area contributed by atoms with E-state index < -0.39 is 5.91 Å². The smallest absolute Gasteiger partial charge is 0.278 e. The van der Waals surface area contributed by atoms with E-state index in [4.69, 9.17) is 9.47 Å². The second kappa shape index (κ2) is 8.67. The second-order valence-electron chi connectivity index (χ2n) is 6.22. The van der Waals surface area contributed by atoms with Gasteiger partial charge in [-0.25, -0.2) is 4.39 Å². The van der Waals surface area contributed by atoms with Crippen LogP contribution in [0.25, 0.3) is 5.57 Å². The molecule has 6 nitrogen and oxygen atoms in total. The van der Waals surface area contributed by atoms with Gasteiger partial charge in [-0.3, -0.25) is 14.5 Å². The fourth-order valence-electron chi connectivity index (χ4n) is 2.97. The maximum absolute atomic E-state index is 13.2. The van der Waals surface area contributed by atoms with Crippen LogP contribution in [-0.2, 0) is 14.3 Å². The number of anilines is 1. The van der Waals surface area contributed by atoms with Crippen LogP contribution in [0.4, 0.5) is 10.1 Å². The SMILES string of the molecule is COCCCN1C(=O)C(Nc2ccc(F)cc2)=C(c2ccc(OC)cc2)C1=O. The average molecular weight is 384 g/mol. The van der Waals surface area contributed by atoms with Crippen molar-refractivity contribution in [3.63, 3.8) is 0 Å². The fraction of sp³-hybridized carbons (Fsp3) is 0.238. The molecule has 1 aliphatic rings. The molecule has 1 N–H and O–H groups in total. The van der Waals surface area contributed by atoms with Gasteiger partial charge in [-0.15, -0.1) is 0 Å². The highest BCUT2D eigenvalue weighted by atomic mass is 19.1. The molecule has 0 aliphatic carbocycles. The van der Waals surface area contributed by atoms with Gasteiger partial charge >= 0.3 is 0 Å². The molecule has 28 heavy (non-hydrogen) atoms. The Balaban J connectivity index is 1.97. The minimum atomic E-state index is -0.420. The van der Waals surface area contributed by atoms with Crippen LogP contribution in [0.5, 0.6) is 5.75 Å². The number of rotatable bonds is 8. The molecule has 3 rings (SSSR count). The van der Waals surface area contributed by atoms with Gasteiger partial charge in [0.05, 0.1) is 12.7 Å². The van der Waals surface area contributed by atoms with Gasteiger partial charge in [0.2, 0.25) is 0 Å². The number of hydrogen-bond acceptors (Lipinski definition) is 5. The van der Waals surface area contributed by atoms with Crippen molar-refractivity contribution in [2.75, 3.05) is 32.7 Å². The average Bonchev–Trinajstić information content (AvgIpc) is 2.94. The van der Waals surface area contributed by atoms with E-state index in [1.54, 1.807) is 38.5 Å². The van der Waals surface area contributed by atoms with E-state index in [0.29, 0.717) is 30.0 Å². The van der Waals surface area contributed by atoms with E-state index in [2.05, 4.69) is 5.32 Å². The number of ether oxygens (including phenoxy) is 2. The van der Waals surface area contributed by atoms with Crippen molar-refractivity contribution in [1.29, 1.82) is 0 Å². The zero-order valence-corrected chi connectivity index (χ0v) is 15.7. The molecular formula is C21H21FN2O4. The summed E-state index contributed by atoms with van der Waals surface area (Å²) in [5.41, 5.74) is 1.55. The lowest BCUT2D eigenvalue weighted by molar-refractivity contribution is -0.136. The molecule has 0 aromatic heterocycles. The molecule has 7 heteroatoms. The van der Waals surface area contributed by atoms with Crippen LogP contribution in [0.15, 0.2) is 54.2 Å². The zero-order valence-electron chi connectivity index (χ0n) is 15.7. The van der Waals surface area contributed by atoms with Gasteiger partial charge in [0.1, 0.15) is 17.3 Å². The van der Waals surface area contributed by atoms with Crippen molar-refractivity contribution >= 4 is 23.1 Å². The first-order valence-corrected chi connectivity index (χ1v) is 8.81. The summed E-state index contributed by atoms with van der Waals surface area (Å²) in [7, 11) is 3.12. The second-order valence-corrected chi connectivity index (χ2v) is 6.22. The number of benzene rings is 2. The van der Waals surface area contributed by atoms with Crippen LogP contribution >= 0.6 is 0 Å². The van der Waals surface area contributed by atoms with Crippen LogP contribution in [0.1, 0.15) is 12.0 Å². The minimum Gasteiger partial charge on any atom is -0.497 e. The number of methoxy groups -OCH3 is 2. The number of amides is 2. The van der Waals surface area contributed by atoms with Gasteiger partial charge in [-0.05, 0) is 48.4 Å². The van der Waals surface area contributed by atoms with Crippen LogP contribution in [0.3, 0.4) is 0 Å². The molecule has 0 bridgehead atoms. The molecular weight excluding hydrogens is 363 g/mol. The summed E-state index contributed by atoms with van der Waals surface area (Å²) < 4.78 is 23.4. The van der Waals surface area contributed by atoms with Crippen LogP contribution in [0, 0.1) is 5.82 Å². The van der Waals surface area contributed by atoms with Gasteiger partial charge in [0.15, 0.2) is 0 Å². The molecule has 0 fully saturated rings. The van der Waals surface area contributed by atoms with Gasteiger partial charge in [-0.2, -0.15) is 0 Å². The summed E-state index contributed by atoms with van der Waals surface area (Å²) in [6, 6.07) is 12.5. The number of halogens is 1. The van der Waals surface area contributed by atoms with Gasteiger partial charge in [0, 0.05) is 25.9 Å². The third-order valence-corrected chi connectivity index (χ3v) is 4.39. The summed E-state index contributed by atoms with van der Waals surface area (Å²) in [4.78, 5) is 27.1. The number of imide groups is 1. The largest absolute Gasteiger partial charge is 0.497 e. The predicted molar refractivity (Wildman–Crippen MR) is 103 cm³/mol. The Labute approximate surface area is 162 Å². The lowest BCUT2D eigenvalue weighted by Crippen LogP contribution is -2.33. The third-order valence-electron chi connectivity index (χ3n) is 4.39. The molecule has 2 aromatic carbocycles. The van der Waals surface area contributed by atoms with Crippen molar-refractivity contribution in [3.05, 3.63) is 65.6 Å². The highest BCUT2D eigenvalue weighted by molar-refractivity contribution is 6.36. The van der Waals surface area contributed by atoms with Gasteiger partial charge < -0.3 is 14.8 Å². The van der Waals surface area contributed by atoms with Crippen molar-refractivity contribution in [2.24, 2.45) is 0 Å². The van der Waals surface area contributed by atoms with Crippen molar-refractivity contribution in [3.8, 4) is 5.75 Å². The van der Waals surface area contributed by atoms with Crippen molar-refractivity contribution in [2.45, 2.75) is 6.42 Å². The first-order valence-electron chi connectivity index (χ1n) is 8.81. The molecule has 2 amide bonds. The van der Waals surface area contributed by atoms with Crippen molar-refractivity contribution in [1.82, 2.24) is 4.90 Å². The molecule has 146 valence electrons. The van der Waals surface area contributed by atoms with Crippen molar-refractivity contribution < 1.29 is 23.5 Å². The lowest BCUT2D eigenvalue weighted by atomic mass is 10.0. The zero-order chi connectivity index (χ0) is 20.1. The number of nitrogens with one attached hydrogen (secondary N) is 1. The summed E-state index contributed by atoms with van der Waals surface area (Å²) in [5, 5.41) is 2.98. The van der Waals surface area contributed by atoms with E-state index in [1.807, 2.05) is 0 Å². The predicted octanol–water partition coefficient (Wildman–Crippen LogP) is 3.06. The Bertz CT molecular complexity index is 892. The van der Waals surface area contributed by atoms with Gasteiger partial charge in [0.25, 0.3) is 11.8 Å². The van der Waals surface area contributed by atoms with E-state index in [1.165, 1.54) is 29.2 Å². The summed E-state index contributed by atoms with van der Waals surface area (Å²) in [5.74, 6) is -0.539. The number of hydrogen-bond donors (Lipinski definition) is 1. The first kappa shape index (κ1) is 19.6. The Morgan fingerprint density at radius 2 is 1.64 bits per heavy atom. The maximum atomic E-state index is 13.2. The monoisotopic (exact) mass is 384 g/mol. The number of carbonyl (C=O) groups is 2. The molecule has 0 atom stereocenters. The van der Waals surface area contributed by atoms with Gasteiger partial charge in [-0.1, -0.05) is 12.1 Å². The molecule has 0 saturated heterocycles. The molecule has 0 saturated carbocycles. The summed E-state index contributed by atoms with van der Waals surface area (Å²) in [6.07, 6.45) is 0.535. The quantitative estimate of drug-likeness (QED) is 0.560. The number of carbonyl (C=O) groups excluding carboxylic acids is 2. The Morgan fingerprint density at radius 1 is 0.964 bits per heavy atom. The van der Waals surface area contributed by atoms with Crippen LogP contribution in [-0.4, -0.2) is 44.1 Å². The third kappa shape index (κ3) is 4.04. The minimum absolute atomic E-state index is 0.166.